The molecule has 1 saturated heterocycles. The molecule has 1 aliphatic heterocycles. The summed E-state index contributed by atoms with van der Waals surface area (Å²) in [5.74, 6) is 2.04. The van der Waals surface area contributed by atoms with E-state index >= 15 is 0 Å². The Balaban J connectivity index is 1.71. The molecule has 2 fully saturated rings. The van der Waals surface area contributed by atoms with Gasteiger partial charge < -0.3 is 24.4 Å². The number of amides is 2. The van der Waals surface area contributed by atoms with Gasteiger partial charge in [-0.3, -0.25) is 9.59 Å². The maximum atomic E-state index is 12.9. The Bertz CT molecular complexity index is 741. The van der Waals surface area contributed by atoms with Crippen molar-refractivity contribution in [2.24, 2.45) is 17.8 Å². The van der Waals surface area contributed by atoms with Crippen LogP contribution in [0.1, 0.15) is 39.5 Å². The monoisotopic (exact) mass is 404 g/mol. The number of ether oxygens (including phenoxy) is 3. The molecule has 4 atom stereocenters. The van der Waals surface area contributed by atoms with E-state index in [1.54, 1.807) is 12.1 Å². The highest BCUT2D eigenvalue weighted by molar-refractivity contribution is 5.97. The minimum absolute atomic E-state index is 0.0843. The molecule has 7 nitrogen and oxygen atoms in total. The first-order valence-electron chi connectivity index (χ1n) is 10.3. The Hall–Kier alpha value is -2.44. The van der Waals surface area contributed by atoms with Crippen molar-refractivity contribution >= 4 is 17.5 Å². The third kappa shape index (κ3) is 4.28. The lowest BCUT2D eigenvalue weighted by molar-refractivity contribution is -0.131. The summed E-state index contributed by atoms with van der Waals surface area (Å²) >= 11 is 0. The molecule has 3 rings (SSSR count). The lowest BCUT2D eigenvalue weighted by atomic mass is 9.77. The van der Waals surface area contributed by atoms with Crippen LogP contribution >= 0.6 is 0 Å². The van der Waals surface area contributed by atoms with Gasteiger partial charge in [0.1, 0.15) is 0 Å². The standard InChI is InChI=1S/C22H32N2O5/c1-13-7-6-8-17(14(13)2)24-12-15(9-20(24)25)22(26)23-16-10-18(27-3)21(29-5)19(11-16)28-4/h10-11,13-15,17H,6-9,12H2,1-5H3,(H,23,26)/t13-,14-,15-,17-/m1/s1. The Kier molecular flexibility index (Phi) is 6.55. The number of hydrogen-bond donors (Lipinski definition) is 1. The SMILES string of the molecule is COc1cc(NC(=O)[C@@H]2CC(=O)N([C@@H]3CCC[C@@H](C)[C@H]3C)C2)cc(OC)c1OC. The number of carbonyl (C=O) groups is 2. The lowest BCUT2D eigenvalue weighted by Crippen LogP contribution is -2.45. The number of likely N-dealkylation sites (tertiary alicyclic amines) is 1. The predicted molar refractivity (Wildman–Crippen MR) is 111 cm³/mol. The van der Waals surface area contributed by atoms with E-state index in [-0.39, 0.29) is 30.2 Å². The van der Waals surface area contributed by atoms with Crippen LogP contribution in [0.2, 0.25) is 0 Å². The molecule has 29 heavy (non-hydrogen) atoms. The van der Waals surface area contributed by atoms with Gasteiger partial charge in [-0.05, 0) is 18.3 Å². The number of hydrogen-bond acceptors (Lipinski definition) is 5. The summed E-state index contributed by atoms with van der Waals surface area (Å²) in [6.07, 6.45) is 3.64. The van der Waals surface area contributed by atoms with Crippen molar-refractivity contribution in [3.63, 3.8) is 0 Å². The normalized spacial score (nSPS) is 26.9. The maximum Gasteiger partial charge on any atom is 0.229 e. The maximum absolute atomic E-state index is 12.9. The number of carbonyl (C=O) groups excluding carboxylic acids is 2. The van der Waals surface area contributed by atoms with E-state index in [1.807, 2.05) is 4.90 Å². The van der Waals surface area contributed by atoms with Crippen LogP contribution in [0.5, 0.6) is 17.2 Å². The predicted octanol–water partition coefficient (Wildman–Crippen LogP) is 3.32. The van der Waals surface area contributed by atoms with Crippen molar-refractivity contribution in [2.45, 2.75) is 45.6 Å². The Morgan fingerprint density at radius 3 is 2.31 bits per heavy atom. The average Bonchev–Trinajstić information content (AvgIpc) is 3.10. The Labute approximate surface area is 172 Å². The summed E-state index contributed by atoms with van der Waals surface area (Å²) in [7, 11) is 4.59. The summed E-state index contributed by atoms with van der Waals surface area (Å²) in [6, 6.07) is 3.63. The molecule has 1 heterocycles. The largest absolute Gasteiger partial charge is 0.493 e. The first-order chi connectivity index (χ1) is 13.9. The van der Waals surface area contributed by atoms with Gasteiger partial charge in [0.05, 0.1) is 27.2 Å². The van der Waals surface area contributed by atoms with E-state index in [9.17, 15) is 9.59 Å². The van der Waals surface area contributed by atoms with Gasteiger partial charge >= 0.3 is 0 Å². The fraction of sp³-hybridized carbons (Fsp3) is 0.636. The average molecular weight is 405 g/mol. The molecule has 160 valence electrons. The molecule has 2 amide bonds. The summed E-state index contributed by atoms with van der Waals surface area (Å²) in [5.41, 5.74) is 0.551. The molecule has 0 spiro atoms. The van der Waals surface area contributed by atoms with Crippen LogP contribution in [-0.4, -0.2) is 50.6 Å². The third-order valence-electron chi connectivity index (χ3n) is 6.53. The lowest BCUT2D eigenvalue weighted by Gasteiger charge is -2.40. The number of benzene rings is 1. The van der Waals surface area contributed by atoms with Crippen LogP contribution in [0.25, 0.3) is 0 Å². The molecular formula is C22H32N2O5. The molecule has 0 bridgehead atoms. The van der Waals surface area contributed by atoms with Crippen molar-refractivity contribution in [2.75, 3.05) is 33.2 Å². The van der Waals surface area contributed by atoms with Crippen LogP contribution in [0.4, 0.5) is 5.69 Å². The highest BCUT2D eigenvalue weighted by Crippen LogP contribution is 2.40. The molecular weight excluding hydrogens is 372 g/mol. The van der Waals surface area contributed by atoms with Gasteiger partial charge in [0, 0.05) is 36.8 Å². The minimum Gasteiger partial charge on any atom is -0.493 e. The minimum atomic E-state index is -0.356. The highest BCUT2D eigenvalue weighted by Gasteiger charge is 2.41. The molecule has 7 heteroatoms. The van der Waals surface area contributed by atoms with Gasteiger partial charge in [-0.2, -0.15) is 0 Å². The molecule has 2 aliphatic rings. The van der Waals surface area contributed by atoms with Crippen molar-refractivity contribution in [1.29, 1.82) is 0 Å². The molecule has 0 aromatic heterocycles. The van der Waals surface area contributed by atoms with Crippen LogP contribution in [-0.2, 0) is 9.59 Å². The van der Waals surface area contributed by atoms with E-state index in [0.29, 0.717) is 41.3 Å². The van der Waals surface area contributed by atoms with Crippen molar-refractivity contribution in [3.05, 3.63) is 12.1 Å². The summed E-state index contributed by atoms with van der Waals surface area (Å²) in [4.78, 5) is 27.5. The zero-order valence-electron chi connectivity index (χ0n) is 18.0. The van der Waals surface area contributed by atoms with Gasteiger partial charge in [0.2, 0.25) is 17.6 Å². The van der Waals surface area contributed by atoms with Gasteiger partial charge in [-0.1, -0.05) is 26.7 Å². The molecule has 1 saturated carbocycles. The number of anilines is 1. The zero-order valence-corrected chi connectivity index (χ0v) is 18.0. The van der Waals surface area contributed by atoms with Gasteiger partial charge in [0.15, 0.2) is 11.5 Å². The summed E-state index contributed by atoms with van der Waals surface area (Å²) in [6.45, 7) is 4.97. The van der Waals surface area contributed by atoms with E-state index < -0.39 is 0 Å². The second-order valence-corrected chi connectivity index (χ2v) is 8.19. The van der Waals surface area contributed by atoms with Gasteiger partial charge in [0.25, 0.3) is 0 Å². The van der Waals surface area contributed by atoms with Crippen LogP contribution in [0.3, 0.4) is 0 Å². The van der Waals surface area contributed by atoms with Crippen LogP contribution < -0.4 is 19.5 Å². The quantitative estimate of drug-likeness (QED) is 0.787. The van der Waals surface area contributed by atoms with Crippen molar-refractivity contribution in [3.8, 4) is 17.2 Å². The first-order valence-corrected chi connectivity index (χ1v) is 10.3. The topological polar surface area (TPSA) is 77.1 Å². The van der Waals surface area contributed by atoms with E-state index in [4.69, 9.17) is 14.2 Å². The van der Waals surface area contributed by atoms with E-state index in [1.165, 1.54) is 27.8 Å². The Morgan fingerprint density at radius 1 is 1.07 bits per heavy atom. The number of methoxy groups -OCH3 is 3. The van der Waals surface area contributed by atoms with E-state index in [2.05, 4.69) is 19.2 Å². The fourth-order valence-corrected chi connectivity index (χ4v) is 4.62. The molecule has 0 radical (unpaired) electrons. The molecule has 1 aromatic carbocycles. The number of nitrogens with one attached hydrogen (secondary N) is 1. The fourth-order valence-electron chi connectivity index (χ4n) is 4.62. The van der Waals surface area contributed by atoms with Crippen molar-refractivity contribution < 1.29 is 23.8 Å². The second kappa shape index (κ2) is 8.93. The molecule has 1 N–H and O–H groups in total. The Morgan fingerprint density at radius 2 is 1.72 bits per heavy atom. The van der Waals surface area contributed by atoms with Gasteiger partial charge in [-0.25, -0.2) is 0 Å². The van der Waals surface area contributed by atoms with Gasteiger partial charge in [-0.15, -0.1) is 0 Å². The van der Waals surface area contributed by atoms with Crippen LogP contribution in [0.15, 0.2) is 12.1 Å². The third-order valence-corrected chi connectivity index (χ3v) is 6.53. The van der Waals surface area contributed by atoms with Crippen LogP contribution in [0, 0.1) is 17.8 Å². The van der Waals surface area contributed by atoms with E-state index in [0.717, 1.165) is 12.8 Å². The smallest absolute Gasteiger partial charge is 0.229 e. The highest BCUT2D eigenvalue weighted by atomic mass is 16.5. The second-order valence-electron chi connectivity index (χ2n) is 8.19. The molecule has 1 aliphatic carbocycles. The zero-order chi connectivity index (χ0) is 21.1. The van der Waals surface area contributed by atoms with Crippen molar-refractivity contribution in [1.82, 2.24) is 4.90 Å². The summed E-state index contributed by atoms with van der Waals surface area (Å²) < 4.78 is 16.0. The molecule has 1 aromatic rings. The number of rotatable bonds is 6. The first kappa shape index (κ1) is 21.3. The summed E-state index contributed by atoms with van der Waals surface area (Å²) in [5, 5.41) is 2.92. The molecule has 0 unspecified atom stereocenters. The number of nitrogens with zero attached hydrogens (tertiary/aromatic N) is 1.